The number of nitrogens with zero attached hydrogens (tertiary/aromatic N) is 1. The predicted molar refractivity (Wildman–Crippen MR) is 111 cm³/mol. The van der Waals surface area contributed by atoms with Gasteiger partial charge in [0, 0.05) is 18.2 Å². The molecular formula is C19H16ClNO4S2. The lowest BCUT2D eigenvalue weighted by Crippen LogP contribution is -2.27. The molecule has 1 fully saturated rings. The predicted octanol–water partition coefficient (Wildman–Crippen LogP) is 5.00. The summed E-state index contributed by atoms with van der Waals surface area (Å²) >= 11 is 12.5. The van der Waals surface area contributed by atoms with Crippen LogP contribution in [0.2, 0.25) is 5.02 Å². The summed E-state index contributed by atoms with van der Waals surface area (Å²) in [6, 6.07) is 8.53. The Balaban J connectivity index is 1.88. The van der Waals surface area contributed by atoms with Crippen LogP contribution in [0.3, 0.4) is 0 Å². The van der Waals surface area contributed by atoms with E-state index in [1.165, 1.54) is 11.8 Å². The van der Waals surface area contributed by atoms with E-state index in [9.17, 15) is 9.59 Å². The maximum Gasteiger partial charge on any atom is 0.339 e. The summed E-state index contributed by atoms with van der Waals surface area (Å²) < 4.78 is 11.4. The SMILES string of the molecule is CCOC(=O)c1cc(-c2ccc(/C=C3\SC(=S)N(CC)C3=O)o2)ccc1Cl. The van der Waals surface area contributed by atoms with E-state index in [4.69, 9.17) is 33.0 Å². The minimum absolute atomic E-state index is 0.124. The van der Waals surface area contributed by atoms with Gasteiger partial charge in [-0.2, -0.15) is 0 Å². The Morgan fingerprint density at radius 1 is 1.33 bits per heavy atom. The number of amides is 1. The van der Waals surface area contributed by atoms with Crippen LogP contribution >= 0.6 is 35.6 Å². The van der Waals surface area contributed by atoms with Gasteiger partial charge in [-0.1, -0.05) is 35.6 Å². The summed E-state index contributed by atoms with van der Waals surface area (Å²) in [5.41, 5.74) is 0.959. The highest BCUT2D eigenvalue weighted by atomic mass is 35.5. The molecule has 0 spiro atoms. The molecule has 8 heteroatoms. The van der Waals surface area contributed by atoms with E-state index >= 15 is 0 Å². The Morgan fingerprint density at radius 3 is 2.78 bits per heavy atom. The molecule has 1 aromatic carbocycles. The van der Waals surface area contributed by atoms with Crippen molar-refractivity contribution in [3.63, 3.8) is 0 Å². The normalized spacial score (nSPS) is 15.7. The van der Waals surface area contributed by atoms with Crippen LogP contribution in [0.4, 0.5) is 0 Å². The summed E-state index contributed by atoms with van der Waals surface area (Å²) in [5.74, 6) is 0.463. The molecule has 2 aromatic rings. The minimum atomic E-state index is -0.487. The molecule has 1 aromatic heterocycles. The fraction of sp³-hybridized carbons (Fsp3) is 0.211. The van der Waals surface area contributed by atoms with E-state index in [1.54, 1.807) is 48.2 Å². The smallest absolute Gasteiger partial charge is 0.339 e. The number of thioether (sulfide) groups is 1. The van der Waals surface area contributed by atoms with Crippen molar-refractivity contribution >= 4 is 57.9 Å². The van der Waals surface area contributed by atoms with Crippen LogP contribution in [0.1, 0.15) is 30.0 Å². The van der Waals surface area contributed by atoms with E-state index in [1.807, 2.05) is 6.92 Å². The van der Waals surface area contributed by atoms with Crippen LogP contribution in [-0.4, -0.2) is 34.2 Å². The number of hydrogen-bond donors (Lipinski definition) is 0. The second-order valence-corrected chi connectivity index (χ2v) is 7.63. The van der Waals surface area contributed by atoms with Gasteiger partial charge in [0.25, 0.3) is 5.91 Å². The molecule has 0 bridgehead atoms. The monoisotopic (exact) mass is 421 g/mol. The third-order valence-electron chi connectivity index (χ3n) is 3.84. The number of benzene rings is 1. The molecule has 0 atom stereocenters. The van der Waals surface area contributed by atoms with Crippen molar-refractivity contribution in [3.05, 3.63) is 51.6 Å². The average Bonchev–Trinajstić information content (AvgIpc) is 3.20. The molecular weight excluding hydrogens is 406 g/mol. The van der Waals surface area contributed by atoms with Crippen LogP contribution in [0.25, 0.3) is 17.4 Å². The lowest BCUT2D eigenvalue weighted by molar-refractivity contribution is -0.122. The van der Waals surface area contributed by atoms with Crippen LogP contribution in [0.5, 0.6) is 0 Å². The van der Waals surface area contributed by atoms with Gasteiger partial charge in [-0.05, 0) is 44.2 Å². The summed E-state index contributed by atoms with van der Waals surface area (Å²) in [6.07, 6.45) is 1.67. The first-order chi connectivity index (χ1) is 12.9. The second-order valence-electron chi connectivity index (χ2n) is 5.54. The molecule has 1 aliphatic heterocycles. The Labute approximate surface area is 171 Å². The Bertz CT molecular complexity index is 951. The van der Waals surface area contributed by atoms with Crippen LogP contribution in [0, 0.1) is 0 Å². The lowest BCUT2D eigenvalue weighted by atomic mass is 10.1. The first-order valence-corrected chi connectivity index (χ1v) is 9.87. The van der Waals surface area contributed by atoms with Gasteiger partial charge in [-0.15, -0.1) is 0 Å². The number of carbonyl (C=O) groups is 2. The summed E-state index contributed by atoms with van der Waals surface area (Å²) in [7, 11) is 0. The molecule has 0 aliphatic carbocycles. The van der Waals surface area contributed by atoms with Crippen molar-refractivity contribution in [2.24, 2.45) is 0 Å². The maximum absolute atomic E-state index is 12.3. The number of furan rings is 1. The molecule has 0 radical (unpaired) electrons. The van der Waals surface area contributed by atoms with E-state index in [0.717, 1.165) is 0 Å². The molecule has 1 saturated heterocycles. The zero-order valence-electron chi connectivity index (χ0n) is 14.7. The number of likely N-dealkylation sites (N-methyl/N-ethyl adjacent to an activating group) is 1. The summed E-state index contributed by atoms with van der Waals surface area (Å²) in [6.45, 7) is 4.41. The lowest BCUT2D eigenvalue weighted by Gasteiger charge is -2.09. The molecule has 0 saturated carbocycles. The quantitative estimate of drug-likeness (QED) is 0.384. The van der Waals surface area contributed by atoms with Gasteiger partial charge >= 0.3 is 5.97 Å². The number of ether oxygens (including phenoxy) is 1. The van der Waals surface area contributed by atoms with Gasteiger partial charge in [0.05, 0.1) is 22.1 Å². The van der Waals surface area contributed by atoms with E-state index in [2.05, 4.69) is 0 Å². The van der Waals surface area contributed by atoms with Gasteiger partial charge < -0.3 is 9.15 Å². The molecule has 27 heavy (non-hydrogen) atoms. The number of halogens is 1. The number of carbonyl (C=O) groups excluding carboxylic acids is 2. The second kappa shape index (κ2) is 8.29. The van der Waals surface area contributed by atoms with Gasteiger partial charge in [-0.25, -0.2) is 4.79 Å². The van der Waals surface area contributed by atoms with Gasteiger partial charge in [0.1, 0.15) is 15.8 Å². The third kappa shape index (κ3) is 4.10. The van der Waals surface area contributed by atoms with Crippen molar-refractivity contribution in [1.82, 2.24) is 4.90 Å². The van der Waals surface area contributed by atoms with Crippen molar-refractivity contribution in [2.45, 2.75) is 13.8 Å². The molecule has 140 valence electrons. The number of hydrogen-bond acceptors (Lipinski definition) is 6. The van der Waals surface area contributed by atoms with E-state index in [0.29, 0.717) is 37.9 Å². The molecule has 1 aliphatic rings. The van der Waals surface area contributed by atoms with Gasteiger partial charge in [-0.3, -0.25) is 9.69 Å². The highest BCUT2D eigenvalue weighted by Crippen LogP contribution is 2.34. The largest absolute Gasteiger partial charge is 0.462 e. The van der Waals surface area contributed by atoms with E-state index in [-0.39, 0.29) is 18.1 Å². The van der Waals surface area contributed by atoms with E-state index < -0.39 is 5.97 Å². The standard InChI is InChI=1S/C19H16ClNO4S2/c1-3-21-17(22)16(27-19(21)26)10-12-6-8-15(25-12)11-5-7-14(20)13(9-11)18(23)24-4-2/h5-10H,3-4H2,1-2H3/b16-10-. The Hall–Kier alpha value is -2.09. The summed E-state index contributed by atoms with van der Waals surface area (Å²) in [4.78, 5) is 26.4. The Morgan fingerprint density at radius 2 is 2.11 bits per heavy atom. The van der Waals surface area contributed by atoms with Crippen molar-refractivity contribution in [1.29, 1.82) is 0 Å². The fourth-order valence-corrected chi connectivity index (χ4v) is 4.09. The maximum atomic E-state index is 12.3. The highest BCUT2D eigenvalue weighted by Gasteiger charge is 2.30. The number of rotatable bonds is 5. The first-order valence-electron chi connectivity index (χ1n) is 8.26. The molecule has 5 nitrogen and oxygen atoms in total. The number of thiocarbonyl (C=S) groups is 1. The fourth-order valence-electron chi connectivity index (χ4n) is 2.53. The van der Waals surface area contributed by atoms with Crippen molar-refractivity contribution in [3.8, 4) is 11.3 Å². The molecule has 2 heterocycles. The van der Waals surface area contributed by atoms with Gasteiger partial charge in [0.15, 0.2) is 0 Å². The topological polar surface area (TPSA) is 59.8 Å². The molecule has 1 amide bonds. The molecule has 0 unspecified atom stereocenters. The van der Waals surface area contributed by atoms with Crippen LogP contribution < -0.4 is 0 Å². The van der Waals surface area contributed by atoms with Crippen LogP contribution in [0.15, 0.2) is 39.7 Å². The number of esters is 1. The molecule has 3 rings (SSSR count). The highest BCUT2D eigenvalue weighted by molar-refractivity contribution is 8.26. The van der Waals surface area contributed by atoms with Crippen molar-refractivity contribution in [2.75, 3.05) is 13.2 Å². The van der Waals surface area contributed by atoms with Gasteiger partial charge in [0.2, 0.25) is 0 Å². The molecule has 0 N–H and O–H groups in total. The zero-order valence-corrected chi connectivity index (χ0v) is 17.0. The average molecular weight is 422 g/mol. The Kier molecular flexibility index (Phi) is 6.04. The van der Waals surface area contributed by atoms with Crippen LogP contribution in [-0.2, 0) is 9.53 Å². The summed E-state index contributed by atoms with van der Waals surface area (Å²) in [5, 5.41) is 0.312. The van der Waals surface area contributed by atoms with Crippen molar-refractivity contribution < 1.29 is 18.7 Å². The first kappa shape index (κ1) is 19.7. The zero-order chi connectivity index (χ0) is 19.6. The third-order valence-corrected chi connectivity index (χ3v) is 5.54. The minimum Gasteiger partial charge on any atom is -0.462 e.